The number of hydrogen-bond donors (Lipinski definition) is 2. The third kappa shape index (κ3) is 6.38. The second-order valence-electron chi connectivity index (χ2n) is 5.45. The van der Waals surface area contributed by atoms with E-state index >= 15 is 0 Å². The molecule has 1 aromatic rings. The van der Waals surface area contributed by atoms with E-state index in [0.717, 1.165) is 19.3 Å². The largest absolute Gasteiger partial charge is 0.352 e. The van der Waals surface area contributed by atoms with E-state index in [1.54, 1.807) is 6.20 Å². The molecule has 1 aromatic heterocycles. The summed E-state index contributed by atoms with van der Waals surface area (Å²) in [7, 11) is 0. The van der Waals surface area contributed by atoms with Gasteiger partial charge in [0.1, 0.15) is 0 Å². The van der Waals surface area contributed by atoms with Crippen LogP contribution in [0.25, 0.3) is 0 Å². The van der Waals surface area contributed by atoms with Gasteiger partial charge in [-0.3, -0.25) is 9.48 Å². The van der Waals surface area contributed by atoms with Gasteiger partial charge in [0.2, 0.25) is 5.91 Å². The van der Waals surface area contributed by atoms with E-state index in [9.17, 15) is 4.79 Å². The summed E-state index contributed by atoms with van der Waals surface area (Å²) in [5.41, 5.74) is 5.70. The minimum atomic E-state index is 0.0406. The molecule has 0 saturated carbocycles. The van der Waals surface area contributed by atoms with Crippen LogP contribution in [0.15, 0.2) is 18.5 Å². The first kappa shape index (κ1) is 15.7. The van der Waals surface area contributed by atoms with Crippen molar-refractivity contribution in [3.63, 3.8) is 0 Å². The van der Waals surface area contributed by atoms with Gasteiger partial charge in [0.25, 0.3) is 0 Å². The van der Waals surface area contributed by atoms with E-state index in [-0.39, 0.29) is 23.9 Å². The predicted octanol–water partition coefficient (Wildman–Crippen LogP) is 1.54. The van der Waals surface area contributed by atoms with Crippen molar-refractivity contribution in [1.29, 1.82) is 0 Å². The first-order valence-electron chi connectivity index (χ1n) is 7.02. The highest BCUT2D eigenvalue weighted by Gasteiger charge is 2.15. The molecule has 0 aliphatic heterocycles. The quantitative estimate of drug-likeness (QED) is 0.749. The third-order valence-corrected chi connectivity index (χ3v) is 3.15. The smallest absolute Gasteiger partial charge is 0.223 e. The molecule has 19 heavy (non-hydrogen) atoms. The summed E-state index contributed by atoms with van der Waals surface area (Å²) >= 11 is 0. The lowest BCUT2D eigenvalue weighted by Gasteiger charge is -2.18. The van der Waals surface area contributed by atoms with Crippen molar-refractivity contribution in [3.05, 3.63) is 18.5 Å². The molecule has 1 heterocycles. The number of hydrogen-bond acceptors (Lipinski definition) is 3. The van der Waals surface area contributed by atoms with Crippen LogP contribution in [0.3, 0.4) is 0 Å². The van der Waals surface area contributed by atoms with Crippen LogP contribution in [0, 0.1) is 5.92 Å². The molecule has 0 saturated heterocycles. The minimum Gasteiger partial charge on any atom is -0.352 e. The van der Waals surface area contributed by atoms with Gasteiger partial charge < -0.3 is 11.1 Å². The van der Waals surface area contributed by atoms with Crippen molar-refractivity contribution >= 4 is 5.91 Å². The van der Waals surface area contributed by atoms with Gasteiger partial charge in [0.05, 0.1) is 6.54 Å². The molecule has 1 rings (SSSR count). The van der Waals surface area contributed by atoms with E-state index in [2.05, 4.69) is 10.4 Å². The number of rotatable bonds is 8. The SMILES string of the molecule is CC(N)CCCC(C)C(=O)NC(C)Cn1cccn1. The molecule has 0 aliphatic rings. The van der Waals surface area contributed by atoms with Gasteiger partial charge in [0.15, 0.2) is 0 Å². The maximum absolute atomic E-state index is 12.0. The zero-order valence-corrected chi connectivity index (χ0v) is 12.2. The molecule has 3 unspecified atom stereocenters. The molecule has 0 bridgehead atoms. The molecule has 1 amide bonds. The number of amides is 1. The highest BCUT2D eigenvalue weighted by Crippen LogP contribution is 2.09. The molecule has 0 fully saturated rings. The summed E-state index contributed by atoms with van der Waals surface area (Å²) in [6, 6.07) is 2.18. The number of nitrogens with zero attached hydrogens (tertiary/aromatic N) is 2. The Morgan fingerprint density at radius 1 is 1.37 bits per heavy atom. The topological polar surface area (TPSA) is 72.9 Å². The van der Waals surface area contributed by atoms with Crippen LogP contribution in [0.1, 0.15) is 40.0 Å². The molecule has 0 aliphatic carbocycles. The summed E-state index contributed by atoms with van der Waals surface area (Å²) in [5, 5.41) is 7.15. The zero-order chi connectivity index (χ0) is 14.3. The van der Waals surface area contributed by atoms with Crippen LogP contribution < -0.4 is 11.1 Å². The lowest BCUT2D eigenvalue weighted by atomic mass is 10.0. The van der Waals surface area contributed by atoms with Crippen molar-refractivity contribution in [3.8, 4) is 0 Å². The van der Waals surface area contributed by atoms with Gasteiger partial charge in [-0.25, -0.2) is 0 Å². The van der Waals surface area contributed by atoms with Crippen molar-refractivity contribution in [1.82, 2.24) is 15.1 Å². The van der Waals surface area contributed by atoms with Crippen LogP contribution in [-0.2, 0) is 11.3 Å². The molecule has 0 aromatic carbocycles. The molecule has 3 N–H and O–H groups in total. The standard InChI is InChI=1S/C14H26N4O/c1-11(6-4-7-12(2)15)14(19)17-13(3)10-18-9-5-8-16-18/h5,8-9,11-13H,4,6-7,10,15H2,1-3H3,(H,17,19). The van der Waals surface area contributed by atoms with Crippen molar-refractivity contribution in [2.24, 2.45) is 11.7 Å². The Balaban J connectivity index is 2.25. The van der Waals surface area contributed by atoms with Crippen LogP contribution in [0.2, 0.25) is 0 Å². The maximum Gasteiger partial charge on any atom is 0.223 e. The second kappa shape index (κ2) is 7.94. The predicted molar refractivity (Wildman–Crippen MR) is 76.5 cm³/mol. The first-order chi connectivity index (χ1) is 8.99. The third-order valence-electron chi connectivity index (χ3n) is 3.15. The van der Waals surface area contributed by atoms with Gasteiger partial charge in [0, 0.05) is 30.4 Å². The van der Waals surface area contributed by atoms with Crippen molar-refractivity contribution in [2.75, 3.05) is 0 Å². The maximum atomic E-state index is 12.0. The summed E-state index contributed by atoms with van der Waals surface area (Å²) < 4.78 is 1.83. The number of carbonyl (C=O) groups is 1. The average Bonchev–Trinajstić information content (AvgIpc) is 2.80. The molecular formula is C14H26N4O. The summed E-state index contributed by atoms with van der Waals surface area (Å²) in [4.78, 5) is 12.0. The second-order valence-corrected chi connectivity index (χ2v) is 5.45. The lowest BCUT2D eigenvalue weighted by molar-refractivity contribution is -0.125. The van der Waals surface area contributed by atoms with Gasteiger partial charge >= 0.3 is 0 Å². The summed E-state index contributed by atoms with van der Waals surface area (Å²) in [6.45, 7) is 6.66. The normalized spacial score (nSPS) is 15.8. The fourth-order valence-electron chi connectivity index (χ4n) is 2.00. The fourth-order valence-corrected chi connectivity index (χ4v) is 2.00. The average molecular weight is 266 g/mol. The van der Waals surface area contributed by atoms with E-state index in [1.165, 1.54) is 0 Å². The molecule has 0 spiro atoms. The van der Waals surface area contributed by atoms with Crippen molar-refractivity contribution < 1.29 is 4.79 Å². The molecular weight excluding hydrogens is 240 g/mol. The minimum absolute atomic E-state index is 0.0406. The Bertz CT molecular complexity index is 362. The van der Waals surface area contributed by atoms with Gasteiger partial charge in [-0.1, -0.05) is 13.3 Å². The van der Waals surface area contributed by atoms with Crippen LogP contribution in [-0.4, -0.2) is 27.8 Å². The molecule has 0 radical (unpaired) electrons. The van der Waals surface area contributed by atoms with Crippen LogP contribution in [0.4, 0.5) is 0 Å². The van der Waals surface area contributed by atoms with Gasteiger partial charge in [-0.05, 0) is 32.8 Å². The van der Waals surface area contributed by atoms with Crippen LogP contribution in [0.5, 0.6) is 0 Å². The molecule has 5 heteroatoms. The summed E-state index contributed by atoms with van der Waals surface area (Å²) in [5.74, 6) is 0.156. The Labute approximate surface area is 115 Å². The number of carbonyl (C=O) groups excluding carboxylic acids is 1. The van der Waals surface area contributed by atoms with E-state index in [4.69, 9.17) is 5.73 Å². The highest BCUT2D eigenvalue weighted by atomic mass is 16.1. The monoisotopic (exact) mass is 266 g/mol. The Kier molecular flexibility index (Phi) is 6.56. The number of nitrogens with one attached hydrogen (secondary N) is 1. The molecule has 108 valence electrons. The summed E-state index contributed by atoms with van der Waals surface area (Å²) in [6.07, 6.45) is 6.50. The first-order valence-corrected chi connectivity index (χ1v) is 7.02. The fraction of sp³-hybridized carbons (Fsp3) is 0.714. The number of aromatic nitrogens is 2. The molecule has 5 nitrogen and oxygen atoms in total. The van der Waals surface area contributed by atoms with Gasteiger partial charge in [-0.15, -0.1) is 0 Å². The Morgan fingerprint density at radius 2 is 2.11 bits per heavy atom. The Morgan fingerprint density at radius 3 is 2.68 bits per heavy atom. The molecule has 3 atom stereocenters. The number of nitrogens with two attached hydrogens (primary N) is 1. The van der Waals surface area contributed by atoms with E-state index in [1.807, 2.05) is 37.7 Å². The zero-order valence-electron chi connectivity index (χ0n) is 12.2. The van der Waals surface area contributed by atoms with Crippen molar-refractivity contribution in [2.45, 2.75) is 58.7 Å². The van der Waals surface area contributed by atoms with Crippen LogP contribution >= 0.6 is 0 Å². The van der Waals surface area contributed by atoms with Gasteiger partial charge in [-0.2, -0.15) is 5.10 Å². The Hall–Kier alpha value is -1.36. The van der Waals surface area contributed by atoms with E-state index < -0.39 is 0 Å². The highest BCUT2D eigenvalue weighted by molar-refractivity contribution is 5.78. The van der Waals surface area contributed by atoms with E-state index in [0.29, 0.717) is 6.54 Å². The lowest BCUT2D eigenvalue weighted by Crippen LogP contribution is -2.39.